The molecule has 2 heterocycles. The quantitative estimate of drug-likeness (QED) is 0.830. The van der Waals surface area contributed by atoms with Gasteiger partial charge in [0.2, 0.25) is 0 Å². The monoisotopic (exact) mass is 418 g/mol. The number of sulfone groups is 1. The number of amides is 1. The molecular weight excluding hydrogens is 404 g/mol. The van der Waals surface area contributed by atoms with Gasteiger partial charge in [0.05, 0.1) is 16.5 Å². The second-order valence-electron chi connectivity index (χ2n) is 5.65. The lowest BCUT2D eigenvalue weighted by atomic mass is 10.2. The smallest absolute Gasteiger partial charge is 0.272 e. The maximum Gasteiger partial charge on any atom is 0.272 e. The summed E-state index contributed by atoms with van der Waals surface area (Å²) in [6.45, 7) is 2.28. The number of H-pyrrole nitrogens is 1. The Kier molecular flexibility index (Phi) is 4.46. The van der Waals surface area contributed by atoms with Crippen molar-refractivity contribution in [2.75, 3.05) is 18.1 Å². The van der Waals surface area contributed by atoms with Crippen LogP contribution in [0.4, 0.5) is 0 Å². The maximum absolute atomic E-state index is 12.9. The van der Waals surface area contributed by atoms with Gasteiger partial charge < -0.3 is 9.88 Å². The minimum Gasteiger partial charge on any atom is -0.349 e. The Balaban J connectivity index is 1.97. The molecule has 5 nitrogen and oxygen atoms in total. The van der Waals surface area contributed by atoms with Crippen molar-refractivity contribution in [2.24, 2.45) is 0 Å². The van der Waals surface area contributed by atoms with Gasteiger partial charge in [-0.2, -0.15) is 0 Å². The van der Waals surface area contributed by atoms with Gasteiger partial charge in [0.1, 0.15) is 5.69 Å². The third kappa shape index (κ3) is 3.14. The van der Waals surface area contributed by atoms with E-state index in [2.05, 4.69) is 20.9 Å². The Labute approximate surface area is 148 Å². The molecule has 1 aliphatic rings. The normalized spacial score (nSPS) is 20.0. The lowest BCUT2D eigenvalue weighted by Crippen LogP contribution is -2.41. The summed E-state index contributed by atoms with van der Waals surface area (Å²) in [4.78, 5) is 17.5. The first-order valence-electron chi connectivity index (χ1n) is 7.30. The van der Waals surface area contributed by atoms with Gasteiger partial charge in [-0.25, -0.2) is 8.42 Å². The van der Waals surface area contributed by atoms with E-state index in [1.165, 1.54) is 0 Å². The van der Waals surface area contributed by atoms with Crippen molar-refractivity contribution in [1.82, 2.24) is 9.88 Å². The van der Waals surface area contributed by atoms with E-state index in [9.17, 15) is 13.2 Å². The Hall–Kier alpha value is -1.05. The molecule has 124 valence electrons. The highest BCUT2D eigenvalue weighted by molar-refractivity contribution is 9.10. The summed E-state index contributed by atoms with van der Waals surface area (Å²) >= 11 is 9.76. The fraction of sp³-hybridized carbons (Fsp3) is 0.400. The number of hydrogen-bond acceptors (Lipinski definition) is 3. The minimum absolute atomic E-state index is 0.0238. The second kappa shape index (κ2) is 6.11. The predicted octanol–water partition coefficient (Wildman–Crippen LogP) is 3.23. The fourth-order valence-corrected chi connectivity index (χ4v) is 5.39. The van der Waals surface area contributed by atoms with Crippen molar-refractivity contribution in [3.63, 3.8) is 0 Å². The number of aromatic nitrogens is 1. The number of fused-ring (bicyclic) bond motifs is 1. The summed E-state index contributed by atoms with van der Waals surface area (Å²) < 4.78 is 24.3. The number of nitrogens with one attached hydrogen (secondary N) is 1. The van der Waals surface area contributed by atoms with Gasteiger partial charge in [0, 0.05) is 28.0 Å². The van der Waals surface area contributed by atoms with Gasteiger partial charge in [-0.15, -0.1) is 0 Å². The first-order chi connectivity index (χ1) is 10.8. The average Bonchev–Trinajstić information content (AvgIpc) is 3.00. The SMILES string of the molecule is CCN(C(=O)c1[nH]c2ccc(Br)cc2c1Cl)[C@H]1CCS(=O)(=O)C1. The molecule has 1 fully saturated rings. The Bertz CT molecular complexity index is 878. The van der Waals surface area contributed by atoms with E-state index in [0.717, 1.165) is 15.4 Å². The first kappa shape index (κ1) is 16.8. The average molecular weight is 420 g/mol. The highest BCUT2D eigenvalue weighted by Gasteiger charge is 2.35. The van der Waals surface area contributed by atoms with Crippen LogP contribution in [0.5, 0.6) is 0 Å². The van der Waals surface area contributed by atoms with Crippen LogP contribution in [0.3, 0.4) is 0 Å². The predicted molar refractivity (Wildman–Crippen MR) is 94.8 cm³/mol. The van der Waals surface area contributed by atoms with Crippen LogP contribution in [-0.4, -0.2) is 48.3 Å². The van der Waals surface area contributed by atoms with Gasteiger partial charge in [-0.1, -0.05) is 27.5 Å². The molecule has 1 aliphatic heterocycles. The zero-order chi connectivity index (χ0) is 16.8. The number of halogens is 2. The second-order valence-corrected chi connectivity index (χ2v) is 9.17. The van der Waals surface area contributed by atoms with Gasteiger partial charge in [0.25, 0.3) is 5.91 Å². The zero-order valence-corrected chi connectivity index (χ0v) is 15.6. The van der Waals surface area contributed by atoms with Crippen molar-refractivity contribution in [2.45, 2.75) is 19.4 Å². The van der Waals surface area contributed by atoms with Crippen LogP contribution in [0.1, 0.15) is 23.8 Å². The van der Waals surface area contributed by atoms with Crippen molar-refractivity contribution < 1.29 is 13.2 Å². The third-order valence-corrected chi connectivity index (χ3v) is 6.80. The van der Waals surface area contributed by atoms with E-state index in [-0.39, 0.29) is 23.5 Å². The third-order valence-electron chi connectivity index (χ3n) is 4.16. The van der Waals surface area contributed by atoms with E-state index in [1.807, 2.05) is 25.1 Å². The van der Waals surface area contributed by atoms with Crippen LogP contribution in [0.25, 0.3) is 10.9 Å². The number of benzene rings is 1. The van der Waals surface area contributed by atoms with Gasteiger partial charge >= 0.3 is 0 Å². The van der Waals surface area contributed by atoms with Gasteiger partial charge in [-0.3, -0.25) is 4.79 Å². The summed E-state index contributed by atoms with van der Waals surface area (Å²) in [5.41, 5.74) is 1.09. The van der Waals surface area contributed by atoms with Crippen molar-refractivity contribution >= 4 is 54.2 Å². The Morgan fingerprint density at radius 1 is 1.48 bits per heavy atom. The highest BCUT2D eigenvalue weighted by atomic mass is 79.9. The van der Waals surface area contributed by atoms with Crippen LogP contribution in [-0.2, 0) is 9.84 Å². The van der Waals surface area contributed by atoms with Gasteiger partial charge in [-0.05, 0) is 31.5 Å². The van der Waals surface area contributed by atoms with Crippen LogP contribution in [0, 0.1) is 0 Å². The number of carbonyl (C=O) groups excluding carboxylic acids is 1. The highest BCUT2D eigenvalue weighted by Crippen LogP contribution is 2.31. The maximum atomic E-state index is 12.9. The minimum atomic E-state index is -3.05. The number of rotatable bonds is 3. The van der Waals surface area contributed by atoms with Crippen molar-refractivity contribution in [3.8, 4) is 0 Å². The standard InChI is InChI=1S/C15H16BrClN2O3S/c1-2-19(10-5-6-23(21,22)8-10)15(20)14-13(17)11-7-9(16)3-4-12(11)18-14/h3-4,7,10,18H,2,5-6,8H2,1H3/t10-/m0/s1. The molecule has 1 saturated heterocycles. The molecule has 0 aliphatic carbocycles. The van der Waals surface area contributed by atoms with Crippen LogP contribution in [0.2, 0.25) is 5.02 Å². The first-order valence-corrected chi connectivity index (χ1v) is 10.3. The number of nitrogens with zero attached hydrogens (tertiary/aromatic N) is 1. The summed E-state index contributed by atoms with van der Waals surface area (Å²) in [5.74, 6) is -0.0999. The van der Waals surface area contributed by atoms with E-state index in [0.29, 0.717) is 23.7 Å². The molecule has 23 heavy (non-hydrogen) atoms. The van der Waals surface area contributed by atoms with Crippen LogP contribution < -0.4 is 0 Å². The molecule has 0 unspecified atom stereocenters. The summed E-state index contributed by atoms with van der Waals surface area (Å²) in [6.07, 6.45) is 0.477. The molecule has 1 amide bonds. The number of carbonyl (C=O) groups is 1. The molecule has 0 saturated carbocycles. The molecule has 1 aromatic carbocycles. The zero-order valence-electron chi connectivity index (χ0n) is 12.5. The Morgan fingerprint density at radius 2 is 2.22 bits per heavy atom. The molecule has 0 bridgehead atoms. The van der Waals surface area contributed by atoms with E-state index in [1.54, 1.807) is 4.90 Å². The summed E-state index contributed by atoms with van der Waals surface area (Å²) in [5, 5.41) is 1.13. The van der Waals surface area contributed by atoms with Crippen LogP contribution in [0.15, 0.2) is 22.7 Å². The number of hydrogen-bond donors (Lipinski definition) is 1. The number of aromatic amines is 1. The van der Waals surface area contributed by atoms with Crippen LogP contribution >= 0.6 is 27.5 Å². The molecule has 0 radical (unpaired) electrons. The van der Waals surface area contributed by atoms with Crippen molar-refractivity contribution in [1.29, 1.82) is 0 Å². The molecule has 1 aromatic heterocycles. The Morgan fingerprint density at radius 3 is 2.83 bits per heavy atom. The van der Waals surface area contributed by atoms with E-state index >= 15 is 0 Å². The topological polar surface area (TPSA) is 70.2 Å². The van der Waals surface area contributed by atoms with E-state index < -0.39 is 9.84 Å². The molecule has 1 atom stereocenters. The summed E-state index contributed by atoms with van der Waals surface area (Å²) in [7, 11) is -3.05. The summed E-state index contributed by atoms with van der Waals surface area (Å²) in [6, 6.07) is 5.27. The fourth-order valence-electron chi connectivity index (χ4n) is 3.01. The lowest BCUT2D eigenvalue weighted by molar-refractivity contribution is 0.0703. The molecule has 3 rings (SSSR count). The van der Waals surface area contributed by atoms with E-state index in [4.69, 9.17) is 11.6 Å². The van der Waals surface area contributed by atoms with Crippen molar-refractivity contribution in [3.05, 3.63) is 33.4 Å². The largest absolute Gasteiger partial charge is 0.349 e. The molecule has 2 aromatic rings. The lowest BCUT2D eigenvalue weighted by Gasteiger charge is -2.26. The molecular formula is C15H16BrClN2O3S. The molecule has 8 heteroatoms. The molecule has 0 spiro atoms. The van der Waals surface area contributed by atoms with Gasteiger partial charge in [0.15, 0.2) is 9.84 Å². The molecule has 1 N–H and O–H groups in total.